The predicted molar refractivity (Wildman–Crippen MR) is 88.6 cm³/mol. The first-order valence-corrected chi connectivity index (χ1v) is 7.92. The van der Waals surface area contributed by atoms with Crippen LogP contribution in [0.15, 0.2) is 36.8 Å². The molecule has 2 aromatic rings. The van der Waals surface area contributed by atoms with Crippen LogP contribution in [-0.4, -0.2) is 40.4 Å². The molecule has 1 unspecified atom stereocenters. The summed E-state index contributed by atoms with van der Waals surface area (Å²) >= 11 is 0. The van der Waals surface area contributed by atoms with E-state index in [2.05, 4.69) is 20.2 Å². The number of carbonyl (C=O) groups is 1. The van der Waals surface area contributed by atoms with Gasteiger partial charge in [-0.3, -0.25) is 14.7 Å². The summed E-state index contributed by atoms with van der Waals surface area (Å²) in [6, 6.07) is 4.90. The fraction of sp³-hybridized carbons (Fsp3) is 0.353. The lowest BCUT2D eigenvalue weighted by molar-refractivity contribution is 0.0947. The van der Waals surface area contributed by atoms with E-state index in [1.54, 1.807) is 24.4 Å². The topological polar surface area (TPSA) is 84.1 Å². The molecule has 6 nitrogen and oxygen atoms in total. The maximum absolute atomic E-state index is 13.7. The third-order valence-electron chi connectivity index (χ3n) is 4.21. The van der Waals surface area contributed by atoms with Gasteiger partial charge in [-0.05, 0) is 37.1 Å². The van der Waals surface area contributed by atoms with E-state index in [4.69, 9.17) is 5.73 Å². The molecule has 1 aliphatic rings. The summed E-state index contributed by atoms with van der Waals surface area (Å²) in [7, 11) is 0. The van der Waals surface area contributed by atoms with Gasteiger partial charge >= 0.3 is 0 Å². The Morgan fingerprint density at radius 1 is 1.42 bits per heavy atom. The van der Waals surface area contributed by atoms with Crippen LogP contribution in [0.2, 0.25) is 0 Å². The van der Waals surface area contributed by atoms with E-state index in [0.29, 0.717) is 36.0 Å². The molecular weight excluding hydrogens is 309 g/mol. The molecule has 2 aromatic heterocycles. The number of rotatable bonds is 5. The number of hydrogen-bond acceptors (Lipinski definition) is 5. The van der Waals surface area contributed by atoms with E-state index >= 15 is 0 Å². The van der Waals surface area contributed by atoms with Crippen molar-refractivity contribution in [2.24, 2.45) is 5.92 Å². The van der Waals surface area contributed by atoms with Crippen LogP contribution < -0.4 is 11.1 Å². The highest BCUT2D eigenvalue weighted by molar-refractivity contribution is 5.94. The summed E-state index contributed by atoms with van der Waals surface area (Å²) in [5, 5.41) is 2.93. The number of aromatic nitrogens is 2. The van der Waals surface area contributed by atoms with Crippen molar-refractivity contribution in [3.63, 3.8) is 0 Å². The predicted octanol–water partition coefficient (Wildman–Crippen LogP) is 1.45. The van der Waals surface area contributed by atoms with E-state index in [9.17, 15) is 9.18 Å². The van der Waals surface area contributed by atoms with Gasteiger partial charge in [-0.1, -0.05) is 0 Å². The lowest BCUT2D eigenvalue weighted by atomic mass is 10.1. The number of carbonyl (C=O) groups excluding carboxylic acids is 1. The largest absolute Gasteiger partial charge is 0.384 e. The second kappa shape index (κ2) is 7.35. The Hall–Kier alpha value is -2.54. The fourth-order valence-electron chi connectivity index (χ4n) is 2.92. The summed E-state index contributed by atoms with van der Waals surface area (Å²) in [5.74, 6) is 0.263. The lowest BCUT2D eigenvalue weighted by Crippen LogP contribution is -2.31. The van der Waals surface area contributed by atoms with Crippen LogP contribution >= 0.6 is 0 Å². The van der Waals surface area contributed by atoms with Crippen LogP contribution in [0.5, 0.6) is 0 Å². The van der Waals surface area contributed by atoms with Gasteiger partial charge in [0.05, 0.1) is 6.20 Å². The fourth-order valence-corrected chi connectivity index (χ4v) is 2.92. The van der Waals surface area contributed by atoms with Gasteiger partial charge < -0.3 is 11.1 Å². The average molecular weight is 329 g/mol. The molecule has 0 radical (unpaired) electrons. The SMILES string of the molecule is Nc1cc(C(=O)NCC2CCN(Cc3ccncc3F)C2)ccn1. The van der Waals surface area contributed by atoms with Gasteiger partial charge in [-0.2, -0.15) is 0 Å². The monoisotopic (exact) mass is 329 g/mol. The third-order valence-corrected chi connectivity index (χ3v) is 4.21. The number of nitrogen functional groups attached to an aromatic ring is 1. The van der Waals surface area contributed by atoms with Crippen molar-refractivity contribution in [1.82, 2.24) is 20.2 Å². The van der Waals surface area contributed by atoms with E-state index < -0.39 is 0 Å². The maximum Gasteiger partial charge on any atom is 0.251 e. The zero-order valence-corrected chi connectivity index (χ0v) is 13.3. The molecule has 3 N–H and O–H groups in total. The molecule has 0 spiro atoms. The van der Waals surface area contributed by atoms with E-state index in [1.165, 1.54) is 12.4 Å². The maximum atomic E-state index is 13.7. The lowest BCUT2D eigenvalue weighted by Gasteiger charge is -2.16. The van der Waals surface area contributed by atoms with Crippen molar-refractivity contribution in [3.8, 4) is 0 Å². The van der Waals surface area contributed by atoms with Gasteiger partial charge in [0.2, 0.25) is 0 Å². The molecule has 0 saturated carbocycles. The van der Waals surface area contributed by atoms with Crippen LogP contribution in [0.25, 0.3) is 0 Å². The molecule has 0 aliphatic carbocycles. The number of anilines is 1. The Labute approximate surface area is 139 Å². The first-order valence-electron chi connectivity index (χ1n) is 7.92. The molecule has 0 bridgehead atoms. The normalized spacial score (nSPS) is 17.8. The molecule has 3 rings (SSSR count). The molecular formula is C17H20FN5O. The van der Waals surface area contributed by atoms with Crippen molar-refractivity contribution in [3.05, 3.63) is 53.7 Å². The Kier molecular flexibility index (Phi) is 5.00. The third kappa shape index (κ3) is 4.05. The van der Waals surface area contributed by atoms with Crippen LogP contribution in [0.4, 0.5) is 10.2 Å². The van der Waals surface area contributed by atoms with Crippen molar-refractivity contribution in [2.45, 2.75) is 13.0 Å². The van der Waals surface area contributed by atoms with Crippen molar-refractivity contribution in [1.29, 1.82) is 0 Å². The number of nitrogens with one attached hydrogen (secondary N) is 1. The highest BCUT2D eigenvalue weighted by Crippen LogP contribution is 2.19. The second-order valence-corrected chi connectivity index (χ2v) is 6.04. The highest BCUT2D eigenvalue weighted by Gasteiger charge is 2.23. The summed E-state index contributed by atoms with van der Waals surface area (Å²) < 4.78 is 13.7. The first kappa shape index (κ1) is 16.3. The van der Waals surface area contributed by atoms with Gasteiger partial charge in [0.25, 0.3) is 5.91 Å². The Balaban J connectivity index is 1.48. The molecule has 7 heteroatoms. The average Bonchev–Trinajstić information content (AvgIpc) is 3.02. The molecule has 1 atom stereocenters. The zero-order valence-electron chi connectivity index (χ0n) is 13.3. The Bertz CT molecular complexity index is 724. The molecule has 1 fully saturated rings. The minimum atomic E-state index is -0.274. The minimum Gasteiger partial charge on any atom is -0.384 e. The van der Waals surface area contributed by atoms with Gasteiger partial charge in [0.1, 0.15) is 11.6 Å². The number of nitrogens with zero attached hydrogens (tertiary/aromatic N) is 3. The van der Waals surface area contributed by atoms with E-state index in [-0.39, 0.29) is 11.7 Å². The van der Waals surface area contributed by atoms with Crippen molar-refractivity contribution < 1.29 is 9.18 Å². The van der Waals surface area contributed by atoms with Crippen LogP contribution in [-0.2, 0) is 6.54 Å². The van der Waals surface area contributed by atoms with Crippen LogP contribution in [0.3, 0.4) is 0 Å². The highest BCUT2D eigenvalue weighted by atomic mass is 19.1. The number of amides is 1. The van der Waals surface area contributed by atoms with E-state index in [1.807, 2.05) is 0 Å². The van der Waals surface area contributed by atoms with Crippen molar-refractivity contribution >= 4 is 11.7 Å². The standard InChI is InChI=1S/C17H20FN5O/c18-15-9-20-4-1-14(15)11-23-6-3-12(10-23)8-22-17(24)13-2-5-21-16(19)7-13/h1-2,4-5,7,9,12H,3,6,8,10-11H2,(H2,19,21)(H,22,24). The number of pyridine rings is 2. The molecule has 1 aliphatic heterocycles. The number of likely N-dealkylation sites (tertiary alicyclic amines) is 1. The zero-order chi connectivity index (χ0) is 16.9. The van der Waals surface area contributed by atoms with Gasteiger partial charge in [-0.15, -0.1) is 0 Å². The van der Waals surface area contributed by atoms with Crippen molar-refractivity contribution in [2.75, 3.05) is 25.4 Å². The summed E-state index contributed by atoms with van der Waals surface area (Å²) in [4.78, 5) is 21.9. The summed E-state index contributed by atoms with van der Waals surface area (Å²) in [6.07, 6.45) is 5.34. The number of halogens is 1. The quantitative estimate of drug-likeness (QED) is 0.867. The minimum absolute atomic E-state index is 0.150. The van der Waals surface area contributed by atoms with Gasteiger partial charge in [0.15, 0.2) is 0 Å². The Morgan fingerprint density at radius 3 is 3.08 bits per heavy atom. The van der Waals surface area contributed by atoms with Crippen LogP contribution in [0.1, 0.15) is 22.3 Å². The second-order valence-electron chi connectivity index (χ2n) is 6.04. The number of hydrogen-bond donors (Lipinski definition) is 2. The molecule has 126 valence electrons. The molecule has 1 saturated heterocycles. The molecule has 0 aromatic carbocycles. The number of nitrogens with two attached hydrogens (primary N) is 1. The summed E-state index contributed by atoms with van der Waals surface area (Å²) in [6.45, 7) is 2.89. The Morgan fingerprint density at radius 2 is 2.29 bits per heavy atom. The molecule has 24 heavy (non-hydrogen) atoms. The van der Waals surface area contributed by atoms with Gasteiger partial charge in [-0.25, -0.2) is 9.37 Å². The van der Waals surface area contributed by atoms with E-state index in [0.717, 1.165) is 19.5 Å². The van der Waals surface area contributed by atoms with Gasteiger partial charge in [0, 0.05) is 43.2 Å². The van der Waals surface area contributed by atoms with Crippen LogP contribution in [0, 0.1) is 11.7 Å². The molecule has 3 heterocycles. The smallest absolute Gasteiger partial charge is 0.251 e. The first-order chi connectivity index (χ1) is 11.6. The summed E-state index contributed by atoms with van der Waals surface area (Å²) in [5.41, 5.74) is 6.75. The molecule has 1 amide bonds.